The van der Waals surface area contributed by atoms with Crippen LogP contribution in [0.5, 0.6) is 0 Å². The van der Waals surface area contributed by atoms with Crippen molar-refractivity contribution < 1.29 is 4.79 Å². The number of piperidine rings is 1. The van der Waals surface area contributed by atoms with Crippen LogP contribution in [-0.2, 0) is 6.54 Å². The highest BCUT2D eigenvalue weighted by Gasteiger charge is 2.41. The van der Waals surface area contributed by atoms with Crippen molar-refractivity contribution in [1.82, 2.24) is 14.5 Å². The number of nitrogens with two attached hydrogens (primary N) is 1. The molecule has 2 unspecified atom stereocenters. The molecule has 0 radical (unpaired) electrons. The van der Waals surface area contributed by atoms with Crippen LogP contribution < -0.4 is 5.73 Å². The molecule has 0 spiro atoms. The van der Waals surface area contributed by atoms with Gasteiger partial charge in [-0.1, -0.05) is 12.1 Å². The van der Waals surface area contributed by atoms with Crippen LogP contribution in [0, 0.1) is 0 Å². The van der Waals surface area contributed by atoms with Gasteiger partial charge in [0.2, 0.25) is 5.91 Å². The zero-order valence-corrected chi connectivity index (χ0v) is 16.9. The number of nitrogens with zero attached hydrogens (tertiary/aromatic N) is 2. The number of aromatic amines is 1. The minimum Gasteiger partial charge on any atom is -0.366 e. The Balaban J connectivity index is 1.25. The van der Waals surface area contributed by atoms with E-state index >= 15 is 0 Å². The lowest BCUT2D eigenvalue weighted by molar-refractivity contribution is 0.0997. The molecule has 2 aliphatic rings. The maximum atomic E-state index is 11.7. The Morgan fingerprint density at radius 2 is 1.80 bits per heavy atom. The molecule has 5 heteroatoms. The van der Waals surface area contributed by atoms with Crippen molar-refractivity contribution in [1.29, 1.82) is 0 Å². The number of carbonyl (C=O) groups excluding carboxylic acids is 1. The van der Waals surface area contributed by atoms with Gasteiger partial charge < -0.3 is 15.3 Å². The number of carbonyl (C=O) groups is 1. The third-order valence-electron chi connectivity index (χ3n) is 7.24. The number of aromatic nitrogens is 2. The first-order valence-electron chi connectivity index (χ1n) is 10.9. The molecule has 30 heavy (non-hydrogen) atoms. The van der Waals surface area contributed by atoms with Crippen molar-refractivity contribution in [2.24, 2.45) is 5.73 Å². The van der Waals surface area contributed by atoms with E-state index in [0.717, 1.165) is 24.9 Å². The van der Waals surface area contributed by atoms with E-state index in [0.29, 0.717) is 23.7 Å². The summed E-state index contributed by atoms with van der Waals surface area (Å²) in [7, 11) is 0. The van der Waals surface area contributed by atoms with E-state index < -0.39 is 0 Å². The van der Waals surface area contributed by atoms with Crippen LogP contribution in [0.15, 0.2) is 60.9 Å². The van der Waals surface area contributed by atoms with Gasteiger partial charge in [-0.25, -0.2) is 0 Å². The second kappa shape index (κ2) is 6.74. The molecule has 2 aromatic carbocycles. The molecule has 2 atom stereocenters. The molecule has 0 aliphatic carbocycles. The van der Waals surface area contributed by atoms with Crippen LogP contribution in [0.4, 0.5) is 0 Å². The number of hydrogen-bond acceptors (Lipinski definition) is 2. The van der Waals surface area contributed by atoms with E-state index in [1.54, 1.807) is 0 Å². The Morgan fingerprint density at radius 3 is 2.60 bits per heavy atom. The maximum Gasteiger partial charge on any atom is 0.248 e. The summed E-state index contributed by atoms with van der Waals surface area (Å²) >= 11 is 0. The van der Waals surface area contributed by atoms with Crippen LogP contribution in [-0.4, -0.2) is 32.4 Å². The summed E-state index contributed by atoms with van der Waals surface area (Å²) in [6.45, 7) is 1.03. The molecule has 5 nitrogen and oxygen atoms in total. The molecular weight excluding hydrogens is 372 g/mol. The molecule has 4 aromatic rings. The fourth-order valence-electron chi connectivity index (χ4n) is 5.76. The quantitative estimate of drug-likeness (QED) is 0.528. The van der Waals surface area contributed by atoms with Gasteiger partial charge in [-0.15, -0.1) is 0 Å². The van der Waals surface area contributed by atoms with E-state index in [-0.39, 0.29) is 5.91 Å². The zero-order valence-electron chi connectivity index (χ0n) is 16.9. The SMILES string of the molecule is NC(=O)c1ccc2ccn(C3CC4CCC(C3)N4Cc3ccc4[nH]ccc4c3)c2c1. The number of H-pyrrole nitrogens is 1. The standard InChI is InChI=1S/C25H26N4O/c26-25(30)19-3-2-17-8-10-28(24(17)12-19)22-13-20-4-5-21(14-22)29(20)15-16-1-6-23-18(11-16)7-9-27-23/h1-3,6-12,20-22,27H,4-5,13-15H2,(H2,26,30). The number of hydrogen-bond donors (Lipinski definition) is 2. The normalized spacial score (nSPS) is 24.1. The first-order valence-corrected chi connectivity index (χ1v) is 10.9. The molecule has 4 heterocycles. The number of benzene rings is 2. The van der Waals surface area contributed by atoms with E-state index in [2.05, 4.69) is 51.0 Å². The van der Waals surface area contributed by atoms with Crippen molar-refractivity contribution in [2.75, 3.05) is 0 Å². The average molecular weight is 399 g/mol. The summed E-state index contributed by atoms with van der Waals surface area (Å²) in [5.74, 6) is -0.362. The van der Waals surface area contributed by atoms with Crippen LogP contribution in [0.3, 0.4) is 0 Å². The van der Waals surface area contributed by atoms with Gasteiger partial charge in [-0.3, -0.25) is 9.69 Å². The minimum atomic E-state index is -0.362. The molecule has 2 saturated heterocycles. The molecule has 3 N–H and O–H groups in total. The lowest BCUT2D eigenvalue weighted by Crippen LogP contribution is -2.42. The smallest absolute Gasteiger partial charge is 0.248 e. The number of nitrogens with one attached hydrogen (secondary N) is 1. The molecule has 2 aliphatic heterocycles. The monoisotopic (exact) mass is 398 g/mol. The minimum absolute atomic E-state index is 0.362. The molecule has 2 aromatic heterocycles. The van der Waals surface area contributed by atoms with E-state index in [1.165, 1.54) is 34.7 Å². The molecule has 1 amide bonds. The molecule has 6 rings (SSSR count). The second-order valence-corrected chi connectivity index (χ2v) is 8.94. The average Bonchev–Trinajstić information content (AvgIpc) is 3.43. The lowest BCUT2D eigenvalue weighted by atomic mass is 9.96. The zero-order chi connectivity index (χ0) is 20.2. The fraction of sp³-hybridized carbons (Fsp3) is 0.320. The van der Waals surface area contributed by atoms with E-state index in [9.17, 15) is 4.79 Å². The van der Waals surface area contributed by atoms with Gasteiger partial charge in [0.1, 0.15) is 0 Å². The third kappa shape index (κ3) is 2.84. The van der Waals surface area contributed by atoms with Gasteiger partial charge in [0.25, 0.3) is 0 Å². The molecule has 2 bridgehead atoms. The predicted molar refractivity (Wildman–Crippen MR) is 119 cm³/mol. The Kier molecular flexibility index (Phi) is 4.00. The molecule has 0 saturated carbocycles. The first-order chi connectivity index (χ1) is 14.7. The van der Waals surface area contributed by atoms with E-state index in [4.69, 9.17) is 5.73 Å². The van der Waals surface area contributed by atoms with Crippen molar-refractivity contribution in [3.8, 4) is 0 Å². The fourth-order valence-corrected chi connectivity index (χ4v) is 5.76. The van der Waals surface area contributed by atoms with Gasteiger partial charge in [0.15, 0.2) is 0 Å². The number of amides is 1. The highest BCUT2D eigenvalue weighted by Crippen LogP contribution is 2.42. The van der Waals surface area contributed by atoms with Crippen LogP contribution in [0.1, 0.15) is 47.6 Å². The number of fused-ring (bicyclic) bond motifs is 4. The van der Waals surface area contributed by atoms with Crippen LogP contribution in [0.25, 0.3) is 21.8 Å². The first kappa shape index (κ1) is 17.8. The highest BCUT2D eigenvalue weighted by molar-refractivity contribution is 5.97. The van der Waals surface area contributed by atoms with Gasteiger partial charge in [-0.05, 0) is 78.4 Å². The Bertz CT molecular complexity index is 1240. The van der Waals surface area contributed by atoms with Gasteiger partial charge in [0.05, 0.1) is 0 Å². The lowest BCUT2D eigenvalue weighted by Gasteiger charge is -2.40. The summed E-state index contributed by atoms with van der Waals surface area (Å²) in [5.41, 5.74) is 9.83. The molecule has 2 fully saturated rings. The van der Waals surface area contributed by atoms with Gasteiger partial charge in [0, 0.05) is 53.7 Å². The molecular formula is C25H26N4O. The Hall–Kier alpha value is -3.05. The van der Waals surface area contributed by atoms with Crippen molar-refractivity contribution in [2.45, 2.75) is 50.4 Å². The summed E-state index contributed by atoms with van der Waals surface area (Å²) in [6, 6.07) is 18.6. The summed E-state index contributed by atoms with van der Waals surface area (Å²) in [5, 5.41) is 2.47. The Labute approximate surface area is 175 Å². The third-order valence-corrected chi connectivity index (χ3v) is 7.24. The predicted octanol–water partition coefficient (Wildman–Crippen LogP) is 4.59. The van der Waals surface area contributed by atoms with E-state index in [1.807, 2.05) is 24.4 Å². The van der Waals surface area contributed by atoms with Crippen molar-refractivity contribution >= 4 is 27.7 Å². The van der Waals surface area contributed by atoms with Crippen LogP contribution >= 0.6 is 0 Å². The second-order valence-electron chi connectivity index (χ2n) is 8.94. The van der Waals surface area contributed by atoms with Gasteiger partial charge >= 0.3 is 0 Å². The summed E-state index contributed by atoms with van der Waals surface area (Å²) < 4.78 is 2.39. The maximum absolute atomic E-state index is 11.7. The highest BCUT2D eigenvalue weighted by atomic mass is 16.1. The van der Waals surface area contributed by atoms with Gasteiger partial charge in [-0.2, -0.15) is 0 Å². The summed E-state index contributed by atoms with van der Waals surface area (Å²) in [6.07, 6.45) is 9.07. The van der Waals surface area contributed by atoms with Crippen molar-refractivity contribution in [3.05, 3.63) is 72.1 Å². The van der Waals surface area contributed by atoms with Crippen LogP contribution in [0.2, 0.25) is 0 Å². The number of primary amides is 1. The number of rotatable bonds is 4. The summed E-state index contributed by atoms with van der Waals surface area (Å²) in [4.78, 5) is 17.7. The molecule has 152 valence electrons. The topological polar surface area (TPSA) is 67.1 Å². The van der Waals surface area contributed by atoms with Crippen molar-refractivity contribution in [3.63, 3.8) is 0 Å². The largest absolute Gasteiger partial charge is 0.366 e. The Morgan fingerprint density at radius 1 is 0.967 bits per heavy atom.